The van der Waals surface area contributed by atoms with E-state index in [9.17, 15) is 4.39 Å². The van der Waals surface area contributed by atoms with Crippen LogP contribution in [0.4, 0.5) is 4.39 Å². The number of nitrogens with zero attached hydrogens (tertiary/aromatic N) is 1. The molecule has 17 heavy (non-hydrogen) atoms. The highest BCUT2D eigenvalue weighted by atomic mass is 19.1. The zero-order valence-electron chi connectivity index (χ0n) is 9.48. The number of methoxy groups -OCH3 is 1. The van der Waals surface area contributed by atoms with E-state index < -0.39 is 0 Å². The quantitative estimate of drug-likeness (QED) is 0.849. The average Bonchev–Trinajstić information content (AvgIpc) is 2.82. The van der Waals surface area contributed by atoms with E-state index in [0.717, 1.165) is 5.56 Å². The Morgan fingerprint density at radius 2 is 2.35 bits per heavy atom. The van der Waals surface area contributed by atoms with Crippen LogP contribution in [0.2, 0.25) is 0 Å². The van der Waals surface area contributed by atoms with Crippen molar-refractivity contribution in [3.63, 3.8) is 0 Å². The Morgan fingerprint density at radius 3 is 2.94 bits per heavy atom. The molecule has 0 bridgehead atoms. The van der Waals surface area contributed by atoms with Crippen LogP contribution in [0, 0.1) is 5.82 Å². The minimum atomic E-state index is -0.378. The lowest BCUT2D eigenvalue weighted by molar-refractivity contribution is 0.386. The fourth-order valence-electron chi connectivity index (χ4n) is 1.67. The van der Waals surface area contributed by atoms with Crippen molar-refractivity contribution >= 4 is 0 Å². The Bertz CT molecular complexity index is 485. The van der Waals surface area contributed by atoms with E-state index in [1.54, 1.807) is 24.5 Å². The van der Waals surface area contributed by atoms with Crippen LogP contribution >= 0.6 is 0 Å². The third-order valence-corrected chi connectivity index (χ3v) is 2.54. The third-order valence-electron chi connectivity index (χ3n) is 2.54. The number of ether oxygens (including phenoxy) is 1. The first-order chi connectivity index (χ1) is 8.20. The molecule has 0 aliphatic heterocycles. The topological polar surface area (TPSA) is 63.9 Å². The molecule has 0 saturated heterocycles. The summed E-state index contributed by atoms with van der Waals surface area (Å²) in [5, 5.41) is 0. The van der Waals surface area contributed by atoms with Crippen molar-refractivity contribution in [2.45, 2.75) is 12.5 Å². The minimum absolute atomic E-state index is 0.236. The molecule has 4 nitrogen and oxygen atoms in total. The molecule has 0 aliphatic carbocycles. The lowest BCUT2D eigenvalue weighted by Gasteiger charge is -2.10. The van der Waals surface area contributed by atoms with Crippen molar-refractivity contribution in [1.29, 1.82) is 0 Å². The van der Waals surface area contributed by atoms with E-state index in [-0.39, 0.29) is 17.6 Å². The zero-order valence-corrected chi connectivity index (χ0v) is 9.48. The van der Waals surface area contributed by atoms with Gasteiger partial charge < -0.3 is 15.5 Å². The molecule has 2 rings (SSSR count). The van der Waals surface area contributed by atoms with Gasteiger partial charge in [-0.1, -0.05) is 6.07 Å². The highest BCUT2D eigenvalue weighted by molar-refractivity contribution is 5.30. The van der Waals surface area contributed by atoms with Gasteiger partial charge in [0.25, 0.3) is 0 Å². The maximum Gasteiger partial charge on any atom is 0.165 e. The van der Waals surface area contributed by atoms with Crippen molar-refractivity contribution < 1.29 is 9.13 Å². The van der Waals surface area contributed by atoms with Crippen LogP contribution in [-0.2, 0) is 6.42 Å². The maximum atomic E-state index is 13.5. The number of halogens is 1. The Balaban J connectivity index is 2.11. The summed E-state index contributed by atoms with van der Waals surface area (Å²) < 4.78 is 18.3. The van der Waals surface area contributed by atoms with Crippen molar-refractivity contribution in [3.8, 4) is 5.75 Å². The first kappa shape index (κ1) is 11.6. The van der Waals surface area contributed by atoms with Gasteiger partial charge in [0.1, 0.15) is 5.82 Å². The van der Waals surface area contributed by atoms with Crippen LogP contribution in [-0.4, -0.2) is 17.1 Å². The molecular weight excluding hydrogens is 221 g/mol. The van der Waals surface area contributed by atoms with E-state index in [1.165, 1.54) is 13.2 Å². The molecule has 0 spiro atoms. The van der Waals surface area contributed by atoms with E-state index in [2.05, 4.69) is 9.97 Å². The van der Waals surface area contributed by atoms with Gasteiger partial charge in [-0.25, -0.2) is 9.37 Å². The smallest absolute Gasteiger partial charge is 0.165 e. The Hall–Kier alpha value is -1.88. The summed E-state index contributed by atoms with van der Waals surface area (Å²) in [6.07, 6.45) is 3.88. The van der Waals surface area contributed by atoms with Crippen LogP contribution in [0.25, 0.3) is 0 Å². The molecular formula is C12H14FN3O. The molecule has 1 unspecified atom stereocenters. The van der Waals surface area contributed by atoms with Gasteiger partial charge >= 0.3 is 0 Å². The van der Waals surface area contributed by atoms with Gasteiger partial charge in [0.15, 0.2) is 11.6 Å². The molecule has 1 aromatic heterocycles. The molecule has 1 aromatic carbocycles. The summed E-state index contributed by atoms with van der Waals surface area (Å²) in [5.41, 5.74) is 6.76. The predicted octanol–water partition coefficient (Wildman–Crippen LogP) is 1.80. The summed E-state index contributed by atoms with van der Waals surface area (Å²) in [4.78, 5) is 7.01. The zero-order chi connectivity index (χ0) is 12.3. The Kier molecular flexibility index (Phi) is 3.39. The molecule has 0 saturated carbocycles. The Morgan fingerprint density at radius 1 is 1.53 bits per heavy atom. The number of rotatable bonds is 4. The summed E-state index contributed by atoms with van der Waals surface area (Å²) in [6.45, 7) is 0. The van der Waals surface area contributed by atoms with Gasteiger partial charge in [0.2, 0.25) is 0 Å². The highest BCUT2D eigenvalue weighted by Gasteiger charge is 2.11. The summed E-state index contributed by atoms with van der Waals surface area (Å²) in [7, 11) is 1.44. The molecule has 2 aromatic rings. The van der Waals surface area contributed by atoms with Crippen molar-refractivity contribution in [1.82, 2.24) is 9.97 Å². The number of aromatic amines is 1. The molecule has 90 valence electrons. The number of H-pyrrole nitrogens is 1. The maximum absolute atomic E-state index is 13.5. The number of imidazole rings is 1. The van der Waals surface area contributed by atoms with Crippen LogP contribution in [0.15, 0.2) is 30.6 Å². The molecule has 0 fully saturated rings. The average molecular weight is 235 g/mol. The predicted molar refractivity (Wildman–Crippen MR) is 62.2 cm³/mol. The summed E-state index contributed by atoms with van der Waals surface area (Å²) >= 11 is 0. The molecule has 0 amide bonds. The number of nitrogens with two attached hydrogens (primary N) is 1. The second kappa shape index (κ2) is 4.97. The van der Waals surface area contributed by atoms with E-state index in [1.807, 2.05) is 0 Å². The second-order valence-corrected chi connectivity index (χ2v) is 3.75. The van der Waals surface area contributed by atoms with Crippen LogP contribution in [0.5, 0.6) is 5.75 Å². The first-order valence-corrected chi connectivity index (χ1v) is 5.28. The van der Waals surface area contributed by atoms with Gasteiger partial charge in [-0.2, -0.15) is 0 Å². The Labute approximate surface area is 98.6 Å². The standard InChI is InChI=1S/C12H14FN3O/c1-17-11-3-2-8(6-9(11)13)7-10(14)12-15-4-5-16-12/h2-6,10H,7,14H2,1H3,(H,15,16). The van der Waals surface area contributed by atoms with Crippen molar-refractivity contribution in [2.24, 2.45) is 5.73 Å². The van der Waals surface area contributed by atoms with Crippen molar-refractivity contribution in [2.75, 3.05) is 7.11 Å². The van der Waals surface area contributed by atoms with Gasteiger partial charge in [-0.3, -0.25) is 0 Å². The van der Waals surface area contributed by atoms with Gasteiger partial charge in [-0.15, -0.1) is 0 Å². The number of hydrogen-bond donors (Lipinski definition) is 2. The molecule has 5 heteroatoms. The van der Waals surface area contributed by atoms with Crippen LogP contribution in [0.1, 0.15) is 17.4 Å². The third kappa shape index (κ3) is 2.62. The van der Waals surface area contributed by atoms with E-state index >= 15 is 0 Å². The van der Waals surface area contributed by atoms with Gasteiger partial charge in [0.05, 0.1) is 13.2 Å². The van der Waals surface area contributed by atoms with Crippen molar-refractivity contribution in [3.05, 3.63) is 47.8 Å². The van der Waals surface area contributed by atoms with E-state index in [0.29, 0.717) is 12.2 Å². The molecule has 0 radical (unpaired) electrons. The highest BCUT2D eigenvalue weighted by Crippen LogP contribution is 2.20. The minimum Gasteiger partial charge on any atom is -0.494 e. The second-order valence-electron chi connectivity index (χ2n) is 3.75. The fourth-order valence-corrected chi connectivity index (χ4v) is 1.67. The van der Waals surface area contributed by atoms with E-state index in [4.69, 9.17) is 10.5 Å². The van der Waals surface area contributed by atoms with Crippen LogP contribution < -0.4 is 10.5 Å². The molecule has 1 atom stereocenters. The molecule has 3 N–H and O–H groups in total. The number of benzene rings is 1. The molecule has 0 aliphatic rings. The summed E-state index contributed by atoms with van der Waals surface area (Å²) in [6, 6.07) is 4.56. The number of aromatic nitrogens is 2. The normalized spacial score (nSPS) is 12.4. The van der Waals surface area contributed by atoms with Gasteiger partial charge in [-0.05, 0) is 24.1 Å². The largest absolute Gasteiger partial charge is 0.494 e. The number of nitrogens with one attached hydrogen (secondary N) is 1. The lowest BCUT2D eigenvalue weighted by Crippen LogP contribution is -2.15. The summed E-state index contributed by atoms with van der Waals surface area (Å²) in [5.74, 6) is 0.554. The SMILES string of the molecule is COc1ccc(CC(N)c2ncc[nH]2)cc1F. The van der Waals surface area contributed by atoms with Crippen LogP contribution in [0.3, 0.4) is 0 Å². The van der Waals surface area contributed by atoms with Gasteiger partial charge in [0, 0.05) is 12.4 Å². The monoisotopic (exact) mass is 235 g/mol. The first-order valence-electron chi connectivity index (χ1n) is 5.28. The lowest BCUT2D eigenvalue weighted by atomic mass is 10.1. The number of hydrogen-bond acceptors (Lipinski definition) is 3. The molecule has 1 heterocycles. The fraction of sp³-hybridized carbons (Fsp3) is 0.250.